The largest absolute Gasteiger partial charge is 0.374 e. The predicted octanol–water partition coefficient (Wildman–Crippen LogP) is 4.25. The second kappa shape index (κ2) is 6.15. The van der Waals surface area contributed by atoms with E-state index in [9.17, 15) is 18.9 Å². The van der Waals surface area contributed by atoms with Crippen LogP contribution in [0.25, 0.3) is 0 Å². The molecular weight excluding hydrogens is 266 g/mol. The molecule has 0 heterocycles. The van der Waals surface area contributed by atoms with Crippen LogP contribution >= 0.6 is 0 Å². The Hall–Kier alpha value is -1.72. The summed E-state index contributed by atoms with van der Waals surface area (Å²) in [5.41, 5.74) is -0.732. The Labute approximate surface area is 116 Å². The molecule has 20 heavy (non-hydrogen) atoms. The fourth-order valence-corrected chi connectivity index (χ4v) is 2.92. The van der Waals surface area contributed by atoms with Gasteiger partial charge in [0.25, 0.3) is 5.69 Å². The van der Waals surface area contributed by atoms with E-state index in [0.29, 0.717) is 12.0 Å². The van der Waals surface area contributed by atoms with Crippen molar-refractivity contribution in [2.45, 2.75) is 45.1 Å². The third-order valence-electron chi connectivity index (χ3n) is 3.99. The number of nitrogens with zero attached hydrogens (tertiary/aromatic N) is 1. The summed E-state index contributed by atoms with van der Waals surface area (Å²) < 4.78 is 27.0. The van der Waals surface area contributed by atoms with Crippen LogP contribution in [0.15, 0.2) is 12.1 Å². The summed E-state index contributed by atoms with van der Waals surface area (Å²) in [6.07, 6.45) is 4.97. The number of hydrogen-bond acceptors (Lipinski definition) is 3. The van der Waals surface area contributed by atoms with Crippen LogP contribution in [-0.4, -0.2) is 11.0 Å². The van der Waals surface area contributed by atoms with Crippen molar-refractivity contribution in [3.8, 4) is 0 Å². The predicted molar refractivity (Wildman–Crippen MR) is 72.7 cm³/mol. The van der Waals surface area contributed by atoms with Crippen LogP contribution < -0.4 is 5.32 Å². The van der Waals surface area contributed by atoms with E-state index in [4.69, 9.17) is 0 Å². The lowest BCUT2D eigenvalue weighted by molar-refractivity contribution is -0.384. The van der Waals surface area contributed by atoms with Gasteiger partial charge in [0.2, 0.25) is 0 Å². The molecule has 1 aromatic rings. The van der Waals surface area contributed by atoms with E-state index < -0.39 is 22.2 Å². The highest BCUT2D eigenvalue weighted by atomic mass is 19.1. The first-order valence-corrected chi connectivity index (χ1v) is 6.93. The molecule has 4 nitrogen and oxygen atoms in total. The first kappa shape index (κ1) is 14.7. The molecular formula is C14H18F2N2O2. The molecule has 0 radical (unpaired) electrons. The van der Waals surface area contributed by atoms with Crippen LogP contribution in [0.4, 0.5) is 20.2 Å². The van der Waals surface area contributed by atoms with Crippen LogP contribution in [0, 0.1) is 27.7 Å². The fraction of sp³-hybridized carbons (Fsp3) is 0.571. The highest BCUT2D eigenvalue weighted by Crippen LogP contribution is 2.34. The lowest BCUT2D eigenvalue weighted by Gasteiger charge is -2.32. The molecule has 1 aliphatic carbocycles. The van der Waals surface area contributed by atoms with E-state index >= 15 is 0 Å². The Bertz CT molecular complexity index is 508. The molecule has 0 bridgehead atoms. The molecule has 0 aliphatic heterocycles. The van der Waals surface area contributed by atoms with Crippen molar-refractivity contribution in [1.29, 1.82) is 0 Å². The number of anilines is 1. The number of hydrogen-bond donors (Lipinski definition) is 1. The van der Waals surface area contributed by atoms with Crippen LogP contribution in [-0.2, 0) is 0 Å². The van der Waals surface area contributed by atoms with Crippen molar-refractivity contribution in [2.24, 2.45) is 5.92 Å². The Balaban J connectivity index is 2.30. The molecule has 1 aliphatic rings. The van der Waals surface area contributed by atoms with Gasteiger partial charge in [0.15, 0.2) is 5.82 Å². The van der Waals surface area contributed by atoms with Crippen LogP contribution in [0.3, 0.4) is 0 Å². The molecule has 110 valence electrons. The van der Waals surface area contributed by atoms with E-state index in [-0.39, 0.29) is 11.7 Å². The molecule has 0 amide bonds. The Morgan fingerprint density at radius 1 is 1.35 bits per heavy atom. The second-order valence-electron chi connectivity index (χ2n) is 5.24. The number of nitrogens with one attached hydrogen (secondary N) is 1. The van der Waals surface area contributed by atoms with Gasteiger partial charge in [-0.3, -0.25) is 10.1 Å². The van der Waals surface area contributed by atoms with Crippen LogP contribution in [0.2, 0.25) is 0 Å². The number of rotatable bonds is 4. The highest BCUT2D eigenvalue weighted by Gasteiger charge is 2.28. The number of nitro benzene ring substituents is 1. The molecule has 1 N–H and O–H groups in total. The molecule has 0 saturated heterocycles. The summed E-state index contributed by atoms with van der Waals surface area (Å²) in [5.74, 6) is -1.47. The van der Waals surface area contributed by atoms with Crippen molar-refractivity contribution in [1.82, 2.24) is 0 Å². The number of benzene rings is 1. The van der Waals surface area contributed by atoms with Gasteiger partial charge in [-0.25, -0.2) is 8.78 Å². The van der Waals surface area contributed by atoms with Crippen molar-refractivity contribution < 1.29 is 13.7 Å². The Morgan fingerprint density at radius 2 is 2.05 bits per heavy atom. The minimum atomic E-state index is -0.935. The van der Waals surface area contributed by atoms with E-state index in [1.54, 1.807) is 0 Å². The topological polar surface area (TPSA) is 55.2 Å². The molecule has 6 heteroatoms. The summed E-state index contributed by atoms with van der Waals surface area (Å²) in [7, 11) is 0. The second-order valence-corrected chi connectivity index (χ2v) is 5.24. The number of halogens is 2. The summed E-state index contributed by atoms with van der Waals surface area (Å²) in [6.45, 7) is 2.06. The molecule has 2 rings (SSSR count). The third-order valence-corrected chi connectivity index (χ3v) is 3.99. The van der Waals surface area contributed by atoms with E-state index in [0.717, 1.165) is 38.2 Å². The maximum absolute atomic E-state index is 13.9. The van der Waals surface area contributed by atoms with Gasteiger partial charge < -0.3 is 5.32 Å². The summed E-state index contributed by atoms with van der Waals surface area (Å²) in [4.78, 5) is 10.2. The smallest absolute Gasteiger partial charge is 0.298 e. The van der Waals surface area contributed by atoms with Gasteiger partial charge in [0.05, 0.1) is 11.0 Å². The average Bonchev–Trinajstić information content (AvgIpc) is 2.41. The summed E-state index contributed by atoms with van der Waals surface area (Å²) >= 11 is 0. The van der Waals surface area contributed by atoms with Gasteiger partial charge in [-0.1, -0.05) is 26.2 Å². The average molecular weight is 284 g/mol. The SMILES string of the molecule is CCC1CCCCC1Nc1c(F)cc(F)cc1[N+](=O)[O-]. The molecule has 0 aromatic heterocycles. The van der Waals surface area contributed by atoms with Crippen LogP contribution in [0.5, 0.6) is 0 Å². The van der Waals surface area contributed by atoms with Gasteiger partial charge in [0.1, 0.15) is 11.5 Å². The van der Waals surface area contributed by atoms with Gasteiger partial charge in [-0.15, -0.1) is 0 Å². The minimum absolute atomic E-state index is 0.00686. The molecule has 1 fully saturated rings. The normalized spacial score (nSPS) is 22.6. The zero-order chi connectivity index (χ0) is 14.7. The maximum atomic E-state index is 13.9. The van der Waals surface area contributed by atoms with Gasteiger partial charge in [0, 0.05) is 12.1 Å². The first-order valence-electron chi connectivity index (χ1n) is 6.93. The minimum Gasteiger partial charge on any atom is -0.374 e. The molecule has 1 aromatic carbocycles. The number of nitro groups is 1. The van der Waals surface area contributed by atoms with E-state index in [1.807, 2.05) is 0 Å². The monoisotopic (exact) mass is 284 g/mol. The quantitative estimate of drug-likeness (QED) is 0.664. The Morgan fingerprint density at radius 3 is 2.70 bits per heavy atom. The standard InChI is InChI=1S/C14H18F2N2O2/c1-2-9-5-3-4-6-12(9)17-14-11(16)7-10(15)8-13(14)18(19)20/h7-9,12,17H,2-6H2,1H3. The highest BCUT2D eigenvalue weighted by molar-refractivity contribution is 5.63. The summed E-state index contributed by atoms with van der Waals surface area (Å²) in [5, 5.41) is 13.9. The third kappa shape index (κ3) is 3.05. The molecule has 0 spiro atoms. The zero-order valence-corrected chi connectivity index (χ0v) is 11.4. The van der Waals surface area contributed by atoms with Crippen molar-refractivity contribution >= 4 is 11.4 Å². The van der Waals surface area contributed by atoms with E-state index in [2.05, 4.69) is 12.2 Å². The zero-order valence-electron chi connectivity index (χ0n) is 11.4. The van der Waals surface area contributed by atoms with Gasteiger partial charge in [-0.05, 0) is 18.8 Å². The lowest BCUT2D eigenvalue weighted by Crippen LogP contribution is -2.32. The van der Waals surface area contributed by atoms with Crippen molar-refractivity contribution in [2.75, 3.05) is 5.32 Å². The fourth-order valence-electron chi connectivity index (χ4n) is 2.92. The molecule has 2 atom stereocenters. The van der Waals surface area contributed by atoms with E-state index in [1.165, 1.54) is 0 Å². The van der Waals surface area contributed by atoms with Gasteiger partial charge in [-0.2, -0.15) is 0 Å². The van der Waals surface area contributed by atoms with Crippen LogP contribution in [0.1, 0.15) is 39.0 Å². The van der Waals surface area contributed by atoms with Crippen molar-refractivity contribution in [3.63, 3.8) is 0 Å². The lowest BCUT2D eigenvalue weighted by atomic mass is 9.82. The van der Waals surface area contributed by atoms with Gasteiger partial charge >= 0.3 is 0 Å². The maximum Gasteiger partial charge on any atom is 0.298 e. The van der Waals surface area contributed by atoms with Crippen molar-refractivity contribution in [3.05, 3.63) is 33.9 Å². The first-order chi connectivity index (χ1) is 9.52. The molecule has 1 saturated carbocycles. The summed E-state index contributed by atoms with van der Waals surface area (Å²) in [6, 6.07) is 1.45. The Kier molecular flexibility index (Phi) is 4.52. The molecule has 2 unspecified atom stereocenters.